The van der Waals surface area contributed by atoms with E-state index in [0.717, 1.165) is 32.2 Å². The van der Waals surface area contributed by atoms with E-state index in [1.165, 1.54) is 24.8 Å². The number of benzene rings is 1. The van der Waals surface area contributed by atoms with Crippen molar-refractivity contribution in [1.29, 1.82) is 0 Å². The number of hydrogen-bond donors (Lipinski definition) is 2. The van der Waals surface area contributed by atoms with E-state index in [2.05, 4.69) is 41.0 Å². The van der Waals surface area contributed by atoms with E-state index >= 15 is 0 Å². The lowest BCUT2D eigenvalue weighted by Crippen LogP contribution is -2.46. The van der Waals surface area contributed by atoms with E-state index < -0.39 is 0 Å². The minimum absolute atomic E-state index is 0.337. The third-order valence-electron chi connectivity index (χ3n) is 4.87. The molecule has 2 fully saturated rings. The first kappa shape index (κ1) is 14.1. The molecule has 0 amide bonds. The normalized spacial score (nSPS) is 28.2. The Balaban J connectivity index is 1.52. The van der Waals surface area contributed by atoms with Crippen molar-refractivity contribution in [2.75, 3.05) is 33.4 Å². The molecule has 2 N–H and O–H groups in total. The molecule has 0 aromatic heterocycles. The first-order valence-corrected chi connectivity index (χ1v) is 7.81. The highest BCUT2D eigenvalue weighted by Crippen LogP contribution is 2.41. The van der Waals surface area contributed by atoms with Crippen LogP contribution in [-0.4, -0.2) is 39.4 Å². The number of methoxy groups -OCH3 is 1. The summed E-state index contributed by atoms with van der Waals surface area (Å²) in [5.74, 6) is 0.720. The van der Waals surface area contributed by atoms with Crippen molar-refractivity contribution in [2.24, 2.45) is 5.41 Å². The van der Waals surface area contributed by atoms with E-state index in [9.17, 15) is 0 Å². The van der Waals surface area contributed by atoms with Crippen molar-refractivity contribution in [1.82, 2.24) is 10.6 Å². The molecule has 2 unspecified atom stereocenters. The molecule has 3 rings (SSSR count). The standard InChI is InChI=1S/C17H26N2O/c1-20-13-17(7-9-18-10-8-17)12-19-16-11-15(16)14-5-3-2-4-6-14/h2-6,15-16,18-19H,7-13H2,1H3. The van der Waals surface area contributed by atoms with Gasteiger partial charge < -0.3 is 15.4 Å². The predicted molar refractivity (Wildman–Crippen MR) is 82.0 cm³/mol. The highest BCUT2D eigenvalue weighted by molar-refractivity contribution is 5.27. The summed E-state index contributed by atoms with van der Waals surface area (Å²) in [6.45, 7) is 4.22. The van der Waals surface area contributed by atoms with Gasteiger partial charge in [0.25, 0.3) is 0 Å². The van der Waals surface area contributed by atoms with Crippen molar-refractivity contribution < 1.29 is 4.74 Å². The van der Waals surface area contributed by atoms with Crippen LogP contribution in [0.3, 0.4) is 0 Å². The maximum atomic E-state index is 5.48. The van der Waals surface area contributed by atoms with Gasteiger partial charge in [-0.3, -0.25) is 0 Å². The molecule has 1 aromatic carbocycles. The summed E-state index contributed by atoms with van der Waals surface area (Å²) in [5, 5.41) is 7.25. The molecular formula is C17H26N2O. The molecule has 2 aliphatic rings. The summed E-state index contributed by atoms with van der Waals surface area (Å²) in [6, 6.07) is 11.6. The summed E-state index contributed by atoms with van der Waals surface area (Å²) in [6.07, 6.45) is 3.72. The van der Waals surface area contributed by atoms with Crippen LogP contribution in [0.1, 0.15) is 30.7 Å². The average molecular weight is 274 g/mol. The lowest BCUT2D eigenvalue weighted by atomic mass is 9.79. The van der Waals surface area contributed by atoms with Crippen LogP contribution in [0.4, 0.5) is 0 Å². The Bertz CT molecular complexity index is 409. The quantitative estimate of drug-likeness (QED) is 0.834. The van der Waals surface area contributed by atoms with Gasteiger partial charge >= 0.3 is 0 Å². The zero-order valence-corrected chi connectivity index (χ0v) is 12.4. The molecule has 1 aliphatic carbocycles. The molecule has 0 spiro atoms. The second-order valence-corrected chi connectivity index (χ2v) is 6.42. The Morgan fingerprint density at radius 2 is 2.00 bits per heavy atom. The average Bonchev–Trinajstić information content (AvgIpc) is 3.27. The SMILES string of the molecule is COCC1(CNC2CC2c2ccccc2)CCNCC1. The van der Waals surface area contributed by atoms with Gasteiger partial charge in [-0.05, 0) is 37.9 Å². The van der Waals surface area contributed by atoms with Crippen molar-refractivity contribution in [2.45, 2.75) is 31.2 Å². The van der Waals surface area contributed by atoms with Gasteiger partial charge in [0.05, 0.1) is 6.61 Å². The molecule has 110 valence electrons. The molecule has 1 aliphatic heterocycles. The van der Waals surface area contributed by atoms with Crippen molar-refractivity contribution in [3.63, 3.8) is 0 Å². The van der Waals surface area contributed by atoms with Gasteiger partial charge in [-0.15, -0.1) is 0 Å². The van der Waals surface area contributed by atoms with Crippen molar-refractivity contribution in [3.05, 3.63) is 35.9 Å². The Morgan fingerprint density at radius 3 is 2.70 bits per heavy atom. The number of piperidine rings is 1. The van der Waals surface area contributed by atoms with Crippen LogP contribution in [0.2, 0.25) is 0 Å². The van der Waals surface area contributed by atoms with Crippen molar-refractivity contribution >= 4 is 0 Å². The zero-order chi connectivity index (χ0) is 13.8. The minimum Gasteiger partial charge on any atom is -0.384 e. The summed E-state index contributed by atoms with van der Waals surface area (Å²) in [5.41, 5.74) is 1.82. The van der Waals surface area contributed by atoms with E-state index in [0.29, 0.717) is 11.5 Å². The van der Waals surface area contributed by atoms with Crippen LogP contribution in [0, 0.1) is 5.41 Å². The van der Waals surface area contributed by atoms with Gasteiger partial charge in [0, 0.05) is 31.0 Å². The molecular weight excluding hydrogens is 248 g/mol. The maximum Gasteiger partial charge on any atom is 0.0531 e. The Labute approximate surface area is 122 Å². The Morgan fingerprint density at radius 1 is 1.25 bits per heavy atom. The monoisotopic (exact) mass is 274 g/mol. The number of rotatable bonds is 6. The summed E-state index contributed by atoms with van der Waals surface area (Å²) < 4.78 is 5.48. The van der Waals surface area contributed by atoms with Crippen LogP contribution in [-0.2, 0) is 4.74 Å². The maximum absolute atomic E-state index is 5.48. The molecule has 20 heavy (non-hydrogen) atoms. The molecule has 1 saturated heterocycles. The lowest BCUT2D eigenvalue weighted by Gasteiger charge is -2.37. The van der Waals surface area contributed by atoms with E-state index in [1.54, 1.807) is 0 Å². The second-order valence-electron chi connectivity index (χ2n) is 6.42. The molecule has 3 nitrogen and oxygen atoms in total. The fraction of sp³-hybridized carbons (Fsp3) is 0.647. The van der Waals surface area contributed by atoms with Crippen LogP contribution < -0.4 is 10.6 Å². The highest BCUT2D eigenvalue weighted by Gasteiger charge is 2.40. The van der Waals surface area contributed by atoms with E-state index in [1.807, 2.05) is 7.11 Å². The molecule has 3 heteroatoms. The van der Waals surface area contributed by atoms with Gasteiger partial charge in [0.2, 0.25) is 0 Å². The fourth-order valence-electron chi connectivity index (χ4n) is 3.47. The van der Waals surface area contributed by atoms with Crippen molar-refractivity contribution in [3.8, 4) is 0 Å². The molecule has 1 heterocycles. The number of ether oxygens (including phenoxy) is 1. The Hall–Kier alpha value is -0.900. The van der Waals surface area contributed by atoms with Crippen LogP contribution in [0.5, 0.6) is 0 Å². The topological polar surface area (TPSA) is 33.3 Å². The van der Waals surface area contributed by atoms with Gasteiger partial charge in [0.15, 0.2) is 0 Å². The van der Waals surface area contributed by atoms with Crippen LogP contribution in [0.15, 0.2) is 30.3 Å². The van der Waals surface area contributed by atoms with E-state index in [4.69, 9.17) is 4.74 Å². The minimum atomic E-state index is 0.337. The third-order valence-corrected chi connectivity index (χ3v) is 4.87. The lowest BCUT2D eigenvalue weighted by molar-refractivity contribution is 0.0533. The van der Waals surface area contributed by atoms with E-state index in [-0.39, 0.29) is 0 Å². The summed E-state index contributed by atoms with van der Waals surface area (Å²) in [7, 11) is 1.83. The molecule has 1 aromatic rings. The van der Waals surface area contributed by atoms with Gasteiger partial charge in [-0.2, -0.15) is 0 Å². The van der Waals surface area contributed by atoms with Gasteiger partial charge in [-0.1, -0.05) is 30.3 Å². The Kier molecular flexibility index (Phi) is 4.39. The summed E-state index contributed by atoms with van der Waals surface area (Å²) >= 11 is 0. The predicted octanol–water partition coefficient (Wildman–Crippen LogP) is 2.15. The molecule has 1 saturated carbocycles. The summed E-state index contributed by atoms with van der Waals surface area (Å²) in [4.78, 5) is 0. The second kappa shape index (κ2) is 6.25. The zero-order valence-electron chi connectivity index (χ0n) is 12.4. The molecule has 0 radical (unpaired) electrons. The first-order valence-electron chi connectivity index (χ1n) is 7.81. The molecule has 0 bridgehead atoms. The first-order chi connectivity index (χ1) is 9.83. The number of hydrogen-bond acceptors (Lipinski definition) is 3. The third kappa shape index (κ3) is 3.22. The van der Waals surface area contributed by atoms with Crippen LogP contribution in [0.25, 0.3) is 0 Å². The van der Waals surface area contributed by atoms with Gasteiger partial charge in [-0.25, -0.2) is 0 Å². The smallest absolute Gasteiger partial charge is 0.0531 e. The molecule has 2 atom stereocenters. The number of nitrogens with one attached hydrogen (secondary N) is 2. The van der Waals surface area contributed by atoms with Crippen LogP contribution >= 0.6 is 0 Å². The highest BCUT2D eigenvalue weighted by atomic mass is 16.5. The van der Waals surface area contributed by atoms with Gasteiger partial charge in [0.1, 0.15) is 0 Å². The largest absolute Gasteiger partial charge is 0.384 e. The fourth-order valence-corrected chi connectivity index (χ4v) is 3.47.